The first-order valence-electron chi connectivity index (χ1n) is 13.5. The molecule has 0 aromatic heterocycles. The summed E-state index contributed by atoms with van der Waals surface area (Å²) in [7, 11) is 0. The molecule has 6 aromatic rings. The van der Waals surface area contributed by atoms with Crippen LogP contribution in [0.3, 0.4) is 0 Å². The molecular formula is C36H26O5. The molecule has 7 rings (SSSR count). The summed E-state index contributed by atoms with van der Waals surface area (Å²) >= 11 is 0. The van der Waals surface area contributed by atoms with Crippen LogP contribution in [-0.4, -0.2) is 25.5 Å². The summed E-state index contributed by atoms with van der Waals surface area (Å²) < 4.78 is 0. The molecule has 0 aliphatic heterocycles. The van der Waals surface area contributed by atoms with E-state index in [1.807, 2.05) is 66.7 Å². The van der Waals surface area contributed by atoms with Gasteiger partial charge in [-0.2, -0.15) is 0 Å². The zero-order chi connectivity index (χ0) is 28.2. The van der Waals surface area contributed by atoms with Gasteiger partial charge >= 0.3 is 0 Å². The van der Waals surface area contributed by atoms with Crippen molar-refractivity contribution in [3.05, 3.63) is 108 Å². The SMILES string of the molecule is Oc1c(O)c(O)c(-c2c3ccccc3c(-c3cc(-c4ccccc4)cc4c3C=CCC4)c3ccccc23)c(O)c1O. The highest BCUT2D eigenvalue weighted by Crippen LogP contribution is 2.58. The quantitative estimate of drug-likeness (QED) is 0.0884. The average molecular weight is 539 g/mol. The molecule has 5 heteroatoms. The third-order valence-electron chi connectivity index (χ3n) is 8.06. The van der Waals surface area contributed by atoms with E-state index in [1.54, 1.807) is 0 Å². The molecule has 0 unspecified atom stereocenters. The summed E-state index contributed by atoms with van der Waals surface area (Å²) in [4.78, 5) is 0. The summed E-state index contributed by atoms with van der Waals surface area (Å²) in [5.41, 5.74) is 7.03. The second-order valence-corrected chi connectivity index (χ2v) is 10.4. The van der Waals surface area contributed by atoms with Crippen molar-refractivity contribution in [2.75, 3.05) is 0 Å². The largest absolute Gasteiger partial charge is 0.504 e. The van der Waals surface area contributed by atoms with Crippen LogP contribution in [0.5, 0.6) is 28.7 Å². The van der Waals surface area contributed by atoms with Crippen LogP contribution in [0.4, 0.5) is 0 Å². The molecule has 0 bridgehead atoms. The van der Waals surface area contributed by atoms with E-state index in [4.69, 9.17) is 0 Å². The summed E-state index contributed by atoms with van der Waals surface area (Å²) in [6.07, 6.45) is 6.29. The number of hydrogen-bond donors (Lipinski definition) is 5. The molecular weight excluding hydrogens is 512 g/mol. The minimum atomic E-state index is -0.981. The number of phenols is 5. The van der Waals surface area contributed by atoms with E-state index in [2.05, 4.69) is 36.4 Å². The Morgan fingerprint density at radius 3 is 1.56 bits per heavy atom. The molecule has 1 aliphatic carbocycles. The first kappa shape index (κ1) is 24.6. The minimum absolute atomic E-state index is 0.156. The van der Waals surface area contributed by atoms with Crippen LogP contribution in [0, 0.1) is 0 Å². The molecule has 0 fully saturated rings. The molecule has 0 saturated heterocycles. The normalized spacial score (nSPS) is 12.6. The van der Waals surface area contributed by atoms with Gasteiger partial charge in [-0.15, -0.1) is 0 Å². The lowest BCUT2D eigenvalue weighted by Gasteiger charge is -2.23. The predicted molar refractivity (Wildman–Crippen MR) is 163 cm³/mol. The Bertz CT molecular complexity index is 1950. The molecule has 41 heavy (non-hydrogen) atoms. The van der Waals surface area contributed by atoms with Crippen LogP contribution in [0.1, 0.15) is 17.5 Å². The van der Waals surface area contributed by atoms with Crippen molar-refractivity contribution in [2.45, 2.75) is 12.8 Å². The smallest absolute Gasteiger partial charge is 0.208 e. The standard InChI is InChI=1S/C36H26O5/c37-32-31(33(38)35(40)36(41)34(32)39)30-26-16-8-6-14-24(26)29(25-15-7-9-17-27(25)30)28-19-22(20-10-2-1-3-11-20)18-21-12-4-5-13-23(21)28/h1-3,5-11,13-19,37-41H,4,12H2. The number of phenolic OH excluding ortho intramolecular Hbond substituents is 5. The van der Waals surface area contributed by atoms with E-state index < -0.39 is 28.7 Å². The zero-order valence-corrected chi connectivity index (χ0v) is 22.0. The number of allylic oxidation sites excluding steroid dienone is 1. The Hall–Kier alpha value is -5.42. The maximum absolute atomic E-state index is 11.0. The molecule has 0 amide bonds. The number of aryl methyl sites for hydroxylation is 1. The minimum Gasteiger partial charge on any atom is -0.504 e. The third-order valence-corrected chi connectivity index (χ3v) is 8.06. The predicted octanol–water partition coefficient (Wildman–Crippen LogP) is 8.48. The fourth-order valence-electron chi connectivity index (χ4n) is 6.17. The second kappa shape index (κ2) is 9.35. The van der Waals surface area contributed by atoms with E-state index in [1.165, 1.54) is 5.56 Å². The van der Waals surface area contributed by atoms with Crippen molar-refractivity contribution in [1.29, 1.82) is 0 Å². The van der Waals surface area contributed by atoms with Gasteiger partial charge in [-0.1, -0.05) is 97.1 Å². The molecule has 6 aromatic carbocycles. The lowest BCUT2D eigenvalue weighted by atomic mass is 9.81. The molecule has 1 aliphatic rings. The van der Waals surface area contributed by atoms with E-state index >= 15 is 0 Å². The molecule has 5 nitrogen and oxygen atoms in total. The summed E-state index contributed by atoms with van der Waals surface area (Å²) in [5, 5.41) is 56.0. The van der Waals surface area contributed by atoms with Gasteiger partial charge in [0, 0.05) is 5.56 Å². The number of aromatic hydroxyl groups is 5. The molecule has 5 N–H and O–H groups in total. The fourth-order valence-corrected chi connectivity index (χ4v) is 6.17. The summed E-state index contributed by atoms with van der Waals surface area (Å²) in [6.45, 7) is 0. The first-order chi connectivity index (χ1) is 20.0. The summed E-state index contributed by atoms with van der Waals surface area (Å²) in [5.74, 6) is -4.21. The van der Waals surface area contributed by atoms with Crippen LogP contribution in [0.15, 0.2) is 97.1 Å². The van der Waals surface area contributed by atoms with E-state index in [0.717, 1.165) is 51.4 Å². The number of fused-ring (bicyclic) bond motifs is 3. The molecule has 0 atom stereocenters. The van der Waals surface area contributed by atoms with Crippen molar-refractivity contribution in [2.24, 2.45) is 0 Å². The van der Waals surface area contributed by atoms with E-state index in [0.29, 0.717) is 16.3 Å². The van der Waals surface area contributed by atoms with Gasteiger partial charge in [0.2, 0.25) is 17.2 Å². The zero-order valence-electron chi connectivity index (χ0n) is 22.0. The second-order valence-electron chi connectivity index (χ2n) is 10.4. The molecule has 0 radical (unpaired) electrons. The van der Waals surface area contributed by atoms with Gasteiger partial charge in [0.25, 0.3) is 0 Å². The number of benzene rings is 6. The molecule has 0 saturated carbocycles. The molecule has 200 valence electrons. The van der Waals surface area contributed by atoms with Gasteiger partial charge in [0.05, 0.1) is 5.56 Å². The van der Waals surface area contributed by atoms with Crippen molar-refractivity contribution >= 4 is 27.6 Å². The third kappa shape index (κ3) is 3.70. The lowest BCUT2D eigenvalue weighted by molar-refractivity contribution is 0.330. The maximum Gasteiger partial charge on any atom is 0.208 e. The Kier molecular flexibility index (Phi) is 5.61. The Morgan fingerprint density at radius 1 is 0.463 bits per heavy atom. The van der Waals surface area contributed by atoms with Crippen LogP contribution >= 0.6 is 0 Å². The van der Waals surface area contributed by atoms with E-state index in [9.17, 15) is 25.5 Å². The van der Waals surface area contributed by atoms with Crippen molar-refractivity contribution < 1.29 is 25.5 Å². The lowest BCUT2D eigenvalue weighted by Crippen LogP contribution is -2.00. The number of hydrogen-bond acceptors (Lipinski definition) is 5. The monoisotopic (exact) mass is 538 g/mol. The van der Waals surface area contributed by atoms with Crippen molar-refractivity contribution in [1.82, 2.24) is 0 Å². The van der Waals surface area contributed by atoms with Gasteiger partial charge in [-0.05, 0) is 73.8 Å². The van der Waals surface area contributed by atoms with Gasteiger partial charge in [-0.25, -0.2) is 0 Å². The van der Waals surface area contributed by atoms with Gasteiger partial charge in [-0.3, -0.25) is 0 Å². The van der Waals surface area contributed by atoms with Gasteiger partial charge in [0.1, 0.15) is 0 Å². The van der Waals surface area contributed by atoms with E-state index in [-0.39, 0.29) is 5.56 Å². The van der Waals surface area contributed by atoms with Crippen LogP contribution in [0.25, 0.3) is 61.0 Å². The molecule has 0 heterocycles. The highest BCUT2D eigenvalue weighted by molar-refractivity contribution is 6.23. The Labute approximate surface area is 236 Å². The van der Waals surface area contributed by atoms with Gasteiger partial charge in [0.15, 0.2) is 11.5 Å². The highest BCUT2D eigenvalue weighted by atomic mass is 16.4. The highest BCUT2D eigenvalue weighted by Gasteiger charge is 2.28. The maximum atomic E-state index is 11.0. The molecule has 0 spiro atoms. The van der Waals surface area contributed by atoms with Crippen LogP contribution in [-0.2, 0) is 6.42 Å². The van der Waals surface area contributed by atoms with Crippen LogP contribution < -0.4 is 0 Å². The number of rotatable bonds is 3. The van der Waals surface area contributed by atoms with Crippen molar-refractivity contribution in [3.8, 4) is 62.1 Å². The average Bonchev–Trinajstić information content (AvgIpc) is 3.02. The van der Waals surface area contributed by atoms with Crippen LogP contribution in [0.2, 0.25) is 0 Å². The Balaban J connectivity index is 1.66. The van der Waals surface area contributed by atoms with Crippen molar-refractivity contribution in [3.63, 3.8) is 0 Å². The first-order valence-corrected chi connectivity index (χ1v) is 13.5. The topological polar surface area (TPSA) is 101 Å². The summed E-state index contributed by atoms with van der Waals surface area (Å²) in [6, 6.07) is 30.2. The Morgan fingerprint density at radius 2 is 0.976 bits per heavy atom. The fraction of sp³-hybridized carbons (Fsp3) is 0.0556. The van der Waals surface area contributed by atoms with Gasteiger partial charge < -0.3 is 25.5 Å².